The normalized spacial score (nSPS) is 12.5. The Hall–Kier alpha value is -0.215. The van der Waals surface area contributed by atoms with E-state index in [-0.39, 0.29) is 0 Å². The fourth-order valence-electron chi connectivity index (χ4n) is 1.29. The third kappa shape index (κ3) is 8.12. The van der Waals surface area contributed by atoms with Gasteiger partial charge in [-0.1, -0.05) is 0 Å². The van der Waals surface area contributed by atoms with Crippen molar-refractivity contribution in [2.75, 3.05) is 19.6 Å². The Labute approximate surface area is 81.5 Å². The van der Waals surface area contributed by atoms with Gasteiger partial charge in [-0.25, -0.2) is 0 Å². The fraction of sp³-hybridized carbons (Fsp3) is 1.00. The zero-order valence-electron chi connectivity index (χ0n) is 8.71. The number of nitrogens with one attached hydrogen (secondary N) is 1. The van der Waals surface area contributed by atoms with Gasteiger partial charge in [0.2, 0.25) is 0 Å². The molecule has 1 atom stereocenters. The summed E-state index contributed by atoms with van der Waals surface area (Å²) in [6.07, 6.45) is 4.06. The van der Waals surface area contributed by atoms with Gasteiger partial charge in [0.15, 0.2) is 0 Å². The first-order chi connectivity index (χ1) is 6.35. The molecule has 4 heteroatoms. The number of hydrogen-bond donors (Lipinski definition) is 1. The summed E-state index contributed by atoms with van der Waals surface area (Å²) in [4.78, 5) is 0. The molecule has 0 aromatic heterocycles. The molecule has 0 bridgehead atoms. The van der Waals surface area contributed by atoms with Gasteiger partial charge in [-0.05, 0) is 0 Å². The minimum atomic E-state index is 0.356. The quantitative estimate of drug-likeness (QED) is 0.433. The van der Waals surface area contributed by atoms with Gasteiger partial charge in [-0.2, -0.15) is 0 Å². The van der Waals surface area contributed by atoms with Crippen molar-refractivity contribution in [1.29, 1.82) is 0 Å². The van der Waals surface area contributed by atoms with E-state index in [4.69, 9.17) is 4.74 Å². The van der Waals surface area contributed by atoms with E-state index in [0.717, 1.165) is 39.6 Å². The van der Waals surface area contributed by atoms with Crippen molar-refractivity contribution in [1.82, 2.24) is 5.32 Å². The van der Waals surface area contributed by atoms with E-state index in [2.05, 4.69) is 12.2 Å². The van der Waals surface area contributed by atoms with Crippen LogP contribution >= 0.6 is 0 Å². The van der Waals surface area contributed by atoms with E-state index in [1.807, 2.05) is 6.92 Å². The molecule has 1 unspecified atom stereocenters. The Bertz CT molecular complexity index is 116. The van der Waals surface area contributed by atoms with Crippen LogP contribution < -0.4 is 5.32 Å². The maximum absolute atomic E-state index is 10.0. The van der Waals surface area contributed by atoms with Gasteiger partial charge < -0.3 is 0 Å². The van der Waals surface area contributed by atoms with Crippen LogP contribution in [0.2, 0.25) is 0 Å². The molecule has 0 saturated heterocycles. The summed E-state index contributed by atoms with van der Waals surface area (Å²) < 4.78 is 15.5. The second-order valence-corrected chi connectivity index (χ2v) is 3.03. The first kappa shape index (κ1) is 12.8. The zero-order chi connectivity index (χ0) is 9.94. The topological polar surface area (TPSA) is 38.3 Å². The molecule has 0 heterocycles. The number of rotatable bonds is 9. The molecule has 0 amide bonds. The Morgan fingerprint density at radius 3 is 2.69 bits per heavy atom. The van der Waals surface area contributed by atoms with Crippen molar-refractivity contribution in [3.05, 3.63) is 0 Å². The molecule has 0 fully saturated rings. The van der Waals surface area contributed by atoms with Crippen LogP contribution in [0.5, 0.6) is 0 Å². The summed E-state index contributed by atoms with van der Waals surface area (Å²) in [6.45, 7) is 5.81. The molecule has 0 spiro atoms. The summed E-state index contributed by atoms with van der Waals surface area (Å²) in [5, 5.41) is 3.03. The van der Waals surface area contributed by atoms with Crippen LogP contribution in [-0.2, 0) is 9.44 Å². The van der Waals surface area contributed by atoms with E-state index in [0.29, 0.717) is 12.5 Å². The van der Waals surface area contributed by atoms with Gasteiger partial charge in [0.1, 0.15) is 0 Å². The molecule has 76 valence electrons. The molecular formula is C9H20BNO2. The van der Waals surface area contributed by atoms with Crippen LogP contribution in [0.3, 0.4) is 0 Å². The molecule has 0 radical (unpaired) electrons. The number of ether oxygens (including phenoxy) is 1. The van der Waals surface area contributed by atoms with Crippen LogP contribution in [-0.4, -0.2) is 32.8 Å². The predicted octanol–water partition coefficient (Wildman–Crippen LogP) is 1.18. The van der Waals surface area contributed by atoms with Crippen LogP contribution in [0.1, 0.15) is 33.1 Å². The first-order valence-electron chi connectivity index (χ1n) is 5.11. The molecular weight excluding hydrogens is 165 g/mol. The molecule has 0 rings (SSSR count). The Balaban J connectivity index is 3.37. The van der Waals surface area contributed by atoms with Crippen molar-refractivity contribution in [2.45, 2.75) is 39.2 Å². The van der Waals surface area contributed by atoms with Crippen LogP contribution in [0.25, 0.3) is 0 Å². The zero-order valence-corrected chi connectivity index (χ0v) is 8.71. The van der Waals surface area contributed by atoms with E-state index in [9.17, 15) is 4.70 Å². The van der Waals surface area contributed by atoms with Gasteiger partial charge >= 0.3 is 80.7 Å². The number of hydrogen-bond acceptors (Lipinski definition) is 3. The van der Waals surface area contributed by atoms with Crippen molar-refractivity contribution in [3.8, 4) is 0 Å². The van der Waals surface area contributed by atoms with Crippen molar-refractivity contribution >= 4 is 7.15 Å². The Morgan fingerprint density at radius 2 is 2.15 bits per heavy atom. The van der Waals surface area contributed by atoms with Crippen LogP contribution in [0.15, 0.2) is 0 Å². The summed E-state index contributed by atoms with van der Waals surface area (Å²) in [6, 6.07) is 0. The van der Waals surface area contributed by atoms with E-state index in [1.54, 1.807) is 0 Å². The maximum atomic E-state index is 10.0. The Kier molecular flexibility index (Phi) is 9.71. The van der Waals surface area contributed by atoms with Gasteiger partial charge in [-0.3, -0.25) is 0 Å². The van der Waals surface area contributed by atoms with Crippen molar-refractivity contribution < 1.29 is 9.44 Å². The standard InChI is InChI=1S/C9H20BNO2/c1-3-5-9(13-4-2)6-7-11-8-10-12/h9,11H,3-8H2,1-2H3. The third-order valence-electron chi connectivity index (χ3n) is 1.88. The second kappa shape index (κ2) is 9.87. The summed E-state index contributed by atoms with van der Waals surface area (Å²) in [7, 11) is 0.884. The average molecular weight is 185 g/mol. The van der Waals surface area contributed by atoms with Crippen LogP contribution in [0.4, 0.5) is 0 Å². The van der Waals surface area contributed by atoms with Gasteiger partial charge in [0, 0.05) is 0 Å². The van der Waals surface area contributed by atoms with Gasteiger partial charge in [-0.15, -0.1) is 0 Å². The summed E-state index contributed by atoms with van der Waals surface area (Å²) >= 11 is 0. The van der Waals surface area contributed by atoms with Gasteiger partial charge in [0.25, 0.3) is 0 Å². The molecule has 0 aromatic rings. The van der Waals surface area contributed by atoms with E-state index >= 15 is 0 Å². The average Bonchev–Trinajstić information content (AvgIpc) is 2.13. The molecule has 0 aliphatic carbocycles. The third-order valence-corrected chi connectivity index (χ3v) is 1.88. The van der Waals surface area contributed by atoms with Gasteiger partial charge in [0.05, 0.1) is 0 Å². The van der Waals surface area contributed by atoms with Crippen molar-refractivity contribution in [3.63, 3.8) is 0 Å². The fourth-order valence-corrected chi connectivity index (χ4v) is 1.29. The first-order valence-corrected chi connectivity index (χ1v) is 5.11. The monoisotopic (exact) mass is 185 g/mol. The van der Waals surface area contributed by atoms with Crippen LogP contribution in [0, 0.1) is 0 Å². The summed E-state index contributed by atoms with van der Waals surface area (Å²) in [5.41, 5.74) is 0. The second-order valence-electron chi connectivity index (χ2n) is 3.03. The predicted molar refractivity (Wildman–Crippen MR) is 54.2 cm³/mol. The summed E-state index contributed by atoms with van der Waals surface area (Å²) in [5.74, 6) is 0. The van der Waals surface area contributed by atoms with Crippen molar-refractivity contribution in [2.24, 2.45) is 0 Å². The molecule has 1 N–H and O–H groups in total. The molecule has 13 heavy (non-hydrogen) atoms. The molecule has 0 aromatic carbocycles. The Morgan fingerprint density at radius 1 is 1.38 bits per heavy atom. The minimum absolute atomic E-state index is 0.356. The molecule has 0 saturated carbocycles. The molecule has 3 nitrogen and oxygen atoms in total. The van der Waals surface area contributed by atoms with E-state index < -0.39 is 0 Å². The molecule has 0 aliphatic heterocycles. The SMILES string of the molecule is CCCC(CCNCB=O)OCC. The molecule has 0 aliphatic rings. The van der Waals surface area contributed by atoms with E-state index in [1.165, 1.54) is 0 Å².